The van der Waals surface area contributed by atoms with E-state index in [1.165, 1.54) is 12.3 Å². The number of nitrogens with one attached hydrogen (secondary N) is 2. The second-order valence-electron chi connectivity index (χ2n) is 4.86. The molecule has 0 saturated carbocycles. The molecule has 0 fully saturated rings. The highest BCUT2D eigenvalue weighted by Crippen LogP contribution is 2.27. The van der Waals surface area contributed by atoms with Gasteiger partial charge in [-0.05, 0) is 36.0 Å². The van der Waals surface area contributed by atoms with Gasteiger partial charge in [-0.3, -0.25) is 15.5 Å². The van der Waals surface area contributed by atoms with E-state index in [0.717, 1.165) is 5.56 Å². The molecule has 0 aliphatic rings. The fourth-order valence-corrected chi connectivity index (χ4v) is 2.48. The van der Waals surface area contributed by atoms with Crippen LogP contribution in [0.5, 0.6) is 0 Å². The predicted octanol–water partition coefficient (Wildman–Crippen LogP) is 3.68. The molecule has 0 amide bonds. The van der Waals surface area contributed by atoms with Crippen LogP contribution < -0.4 is 16.5 Å². The lowest BCUT2D eigenvalue weighted by Gasteiger charge is -2.09. The Balaban J connectivity index is 2.18. The van der Waals surface area contributed by atoms with Crippen LogP contribution in [-0.2, 0) is 6.54 Å². The molecular weight excluding hydrogens is 385 g/mol. The van der Waals surface area contributed by atoms with Crippen molar-refractivity contribution in [2.24, 2.45) is 10.8 Å². The van der Waals surface area contributed by atoms with Gasteiger partial charge in [0.05, 0.1) is 11.1 Å². The number of nitrogens with two attached hydrogens (primary N) is 1. The zero-order chi connectivity index (χ0) is 18.4. The molecule has 2 rings (SSSR count). The van der Waals surface area contributed by atoms with Crippen LogP contribution in [0.2, 0.25) is 10.0 Å². The molecule has 2 aromatic carbocycles. The van der Waals surface area contributed by atoms with Crippen LogP contribution in [0.4, 0.5) is 11.4 Å². The van der Waals surface area contributed by atoms with Gasteiger partial charge >= 0.3 is 0 Å². The van der Waals surface area contributed by atoms with Crippen molar-refractivity contribution in [3.63, 3.8) is 0 Å². The Morgan fingerprint density at radius 1 is 1.32 bits per heavy atom. The van der Waals surface area contributed by atoms with Crippen LogP contribution in [0, 0.1) is 10.1 Å². The van der Waals surface area contributed by atoms with Crippen molar-refractivity contribution < 1.29 is 4.92 Å². The van der Waals surface area contributed by atoms with Crippen LogP contribution in [0.15, 0.2) is 41.5 Å². The van der Waals surface area contributed by atoms with Gasteiger partial charge in [0, 0.05) is 28.2 Å². The van der Waals surface area contributed by atoms with Crippen molar-refractivity contribution in [1.29, 1.82) is 0 Å². The van der Waals surface area contributed by atoms with Gasteiger partial charge in [-0.25, -0.2) is 0 Å². The third kappa shape index (κ3) is 5.56. The maximum absolute atomic E-state index is 11.3. The van der Waals surface area contributed by atoms with E-state index in [4.69, 9.17) is 28.9 Å². The molecule has 0 unspecified atom stereocenters. The number of hydrogen-bond donors (Lipinski definition) is 3. The molecule has 0 radical (unpaired) electrons. The maximum atomic E-state index is 11.3. The second kappa shape index (κ2) is 8.61. The van der Waals surface area contributed by atoms with E-state index in [2.05, 4.69) is 28.1 Å². The maximum Gasteiger partial charge on any atom is 0.292 e. The second-order valence-corrected chi connectivity index (χ2v) is 6.14. The summed E-state index contributed by atoms with van der Waals surface area (Å²) in [4.78, 5) is 10.8. The van der Waals surface area contributed by atoms with Crippen molar-refractivity contribution in [2.45, 2.75) is 6.54 Å². The van der Waals surface area contributed by atoms with Crippen molar-refractivity contribution in [1.82, 2.24) is 5.43 Å². The summed E-state index contributed by atoms with van der Waals surface area (Å²) in [5.41, 5.74) is 9.18. The lowest BCUT2D eigenvalue weighted by molar-refractivity contribution is -0.384. The average molecular weight is 398 g/mol. The molecule has 0 bridgehead atoms. The number of thiocarbonyl (C=S) groups is 1. The Morgan fingerprint density at radius 3 is 2.72 bits per heavy atom. The molecule has 0 spiro atoms. The summed E-state index contributed by atoms with van der Waals surface area (Å²) in [6, 6.07) is 9.71. The molecule has 10 heteroatoms. The highest BCUT2D eigenvalue weighted by Gasteiger charge is 2.14. The fourth-order valence-electron chi connectivity index (χ4n) is 1.96. The fraction of sp³-hybridized carbons (Fsp3) is 0.0667. The lowest BCUT2D eigenvalue weighted by Crippen LogP contribution is -2.23. The highest BCUT2D eigenvalue weighted by atomic mass is 35.5. The molecule has 25 heavy (non-hydrogen) atoms. The smallest absolute Gasteiger partial charge is 0.292 e. The van der Waals surface area contributed by atoms with Gasteiger partial charge < -0.3 is 11.1 Å². The molecule has 4 N–H and O–H groups in total. The van der Waals surface area contributed by atoms with E-state index in [0.29, 0.717) is 27.8 Å². The average Bonchev–Trinajstić information content (AvgIpc) is 2.54. The quantitative estimate of drug-likeness (QED) is 0.297. The molecule has 0 aromatic heterocycles. The summed E-state index contributed by atoms with van der Waals surface area (Å²) in [5, 5.41) is 19.1. The van der Waals surface area contributed by atoms with Gasteiger partial charge in [-0.1, -0.05) is 35.3 Å². The lowest BCUT2D eigenvalue weighted by atomic mass is 10.1. The van der Waals surface area contributed by atoms with Crippen molar-refractivity contribution >= 4 is 58.1 Å². The monoisotopic (exact) mass is 397 g/mol. The molecule has 0 aliphatic carbocycles. The van der Waals surface area contributed by atoms with Gasteiger partial charge in [0.1, 0.15) is 5.69 Å². The zero-order valence-corrected chi connectivity index (χ0v) is 15.0. The van der Waals surface area contributed by atoms with E-state index in [1.807, 2.05) is 0 Å². The van der Waals surface area contributed by atoms with Crippen LogP contribution in [-0.4, -0.2) is 16.3 Å². The number of halogens is 2. The Labute approximate surface area is 159 Å². The molecule has 0 heterocycles. The first-order valence-corrected chi connectivity index (χ1v) is 8.08. The normalized spacial score (nSPS) is 10.6. The molecular formula is C15H13Cl2N5O2S. The van der Waals surface area contributed by atoms with Crippen LogP contribution in [0.3, 0.4) is 0 Å². The third-order valence-electron chi connectivity index (χ3n) is 3.09. The van der Waals surface area contributed by atoms with Crippen molar-refractivity contribution in [3.05, 3.63) is 67.7 Å². The largest absolute Gasteiger partial charge is 0.375 e. The Kier molecular flexibility index (Phi) is 6.51. The first-order chi connectivity index (χ1) is 11.9. The molecule has 0 atom stereocenters. The van der Waals surface area contributed by atoms with Crippen LogP contribution in [0.1, 0.15) is 11.1 Å². The minimum atomic E-state index is -0.482. The summed E-state index contributed by atoms with van der Waals surface area (Å²) in [6.45, 7) is 0.313. The van der Waals surface area contributed by atoms with Gasteiger partial charge in [0.25, 0.3) is 5.69 Å². The van der Waals surface area contributed by atoms with Gasteiger partial charge in [-0.2, -0.15) is 5.10 Å². The topological polar surface area (TPSA) is 106 Å². The van der Waals surface area contributed by atoms with Crippen molar-refractivity contribution in [3.8, 4) is 0 Å². The molecule has 7 nitrogen and oxygen atoms in total. The summed E-state index contributed by atoms with van der Waals surface area (Å²) < 4.78 is 0. The van der Waals surface area contributed by atoms with Gasteiger partial charge in [0.15, 0.2) is 5.11 Å². The number of benzene rings is 2. The minimum Gasteiger partial charge on any atom is -0.375 e. The molecule has 0 saturated heterocycles. The summed E-state index contributed by atoms with van der Waals surface area (Å²) in [6.07, 6.45) is 1.38. The standard InChI is InChI=1S/C15H13Cl2N5O2S/c16-11-3-2-10(12(17)6-11)8-19-13-4-1-9(5-14(13)22(23)24)7-20-21-15(18)25/h1-7,19H,8H2,(H3,18,21,25). The summed E-state index contributed by atoms with van der Waals surface area (Å²) >= 11 is 16.6. The first kappa shape index (κ1) is 18.9. The van der Waals surface area contributed by atoms with E-state index in [1.54, 1.807) is 30.3 Å². The number of rotatable bonds is 6. The molecule has 130 valence electrons. The highest BCUT2D eigenvalue weighted by molar-refractivity contribution is 7.80. The van der Waals surface area contributed by atoms with Crippen molar-refractivity contribution in [2.75, 3.05) is 5.32 Å². The van der Waals surface area contributed by atoms with E-state index in [9.17, 15) is 10.1 Å². The SMILES string of the molecule is NC(=S)NN=Cc1ccc(NCc2ccc(Cl)cc2Cl)c([N+](=O)[O-])c1. The number of nitro benzene ring substituents is 1. The molecule has 2 aromatic rings. The predicted molar refractivity (Wildman–Crippen MR) is 104 cm³/mol. The van der Waals surface area contributed by atoms with Crippen LogP contribution in [0.25, 0.3) is 0 Å². The van der Waals surface area contributed by atoms with Gasteiger partial charge in [-0.15, -0.1) is 0 Å². The van der Waals surface area contributed by atoms with Gasteiger partial charge in [0.2, 0.25) is 0 Å². The summed E-state index contributed by atoms with van der Waals surface area (Å²) in [5.74, 6) is 0. The Morgan fingerprint density at radius 2 is 2.08 bits per heavy atom. The van der Waals surface area contributed by atoms with E-state index in [-0.39, 0.29) is 10.8 Å². The third-order valence-corrected chi connectivity index (χ3v) is 3.77. The first-order valence-electron chi connectivity index (χ1n) is 6.91. The number of hydrogen-bond acceptors (Lipinski definition) is 5. The molecule has 0 aliphatic heterocycles. The van der Waals surface area contributed by atoms with E-state index >= 15 is 0 Å². The minimum absolute atomic E-state index is 0.00359. The number of hydrazone groups is 1. The number of anilines is 1. The van der Waals surface area contributed by atoms with E-state index < -0.39 is 4.92 Å². The summed E-state index contributed by atoms with van der Waals surface area (Å²) in [7, 11) is 0. The number of nitro groups is 1. The Hall–Kier alpha value is -2.42. The van der Waals surface area contributed by atoms with Crippen LogP contribution >= 0.6 is 35.4 Å². The number of nitrogens with zero attached hydrogens (tertiary/aromatic N) is 2. The zero-order valence-electron chi connectivity index (χ0n) is 12.7. The Bertz CT molecular complexity index is 845.